The van der Waals surface area contributed by atoms with Crippen LogP contribution in [0.1, 0.15) is 53.9 Å². The maximum Gasteiger partial charge on any atom is 0.405 e. The van der Waals surface area contributed by atoms with Crippen LogP contribution in [0.3, 0.4) is 0 Å². The minimum absolute atomic E-state index is 0.0447. The zero-order valence-corrected chi connectivity index (χ0v) is 12.3. The fraction of sp³-hybridized carbons (Fsp3) is 0.385. The predicted molar refractivity (Wildman–Crippen MR) is 77.0 cm³/mol. The molecule has 0 aliphatic heterocycles. The molecule has 0 bridgehead atoms. The van der Waals surface area contributed by atoms with E-state index in [0.717, 1.165) is 12.8 Å². The SMILES string of the molecule is C[C@H](NC(=O)O)c1nc(C2CC2)nn1-c1cc(C(N)=O)ncn1. The van der Waals surface area contributed by atoms with E-state index in [1.54, 1.807) is 6.92 Å². The molecular weight excluding hydrogens is 302 g/mol. The van der Waals surface area contributed by atoms with Crippen molar-refractivity contribution in [3.63, 3.8) is 0 Å². The maximum absolute atomic E-state index is 11.3. The zero-order valence-electron chi connectivity index (χ0n) is 12.3. The quantitative estimate of drug-likeness (QED) is 0.720. The lowest BCUT2D eigenvalue weighted by atomic mass is 10.3. The lowest BCUT2D eigenvalue weighted by Gasteiger charge is -2.11. The van der Waals surface area contributed by atoms with E-state index in [-0.39, 0.29) is 11.6 Å². The molecule has 2 aromatic rings. The topological polar surface area (TPSA) is 149 Å². The first-order valence-electron chi connectivity index (χ1n) is 7.04. The third kappa shape index (κ3) is 3.10. The van der Waals surface area contributed by atoms with Gasteiger partial charge >= 0.3 is 6.09 Å². The Kier molecular flexibility index (Phi) is 3.64. The second kappa shape index (κ2) is 5.63. The average Bonchev–Trinajstić information content (AvgIpc) is 3.25. The van der Waals surface area contributed by atoms with E-state index >= 15 is 0 Å². The van der Waals surface area contributed by atoms with Gasteiger partial charge in [0.2, 0.25) is 0 Å². The summed E-state index contributed by atoms with van der Waals surface area (Å²) < 4.78 is 1.42. The highest BCUT2D eigenvalue weighted by Gasteiger charge is 2.31. The highest BCUT2D eigenvalue weighted by atomic mass is 16.4. The summed E-state index contributed by atoms with van der Waals surface area (Å²) in [5, 5.41) is 15.6. The Morgan fingerprint density at radius 2 is 2.17 bits per heavy atom. The number of aromatic nitrogens is 5. The summed E-state index contributed by atoms with van der Waals surface area (Å²) in [7, 11) is 0. The standard InChI is InChI=1S/C13H15N7O3/c1-6(17-13(22)23)12-18-11(7-2-3-7)19-20(12)9-4-8(10(14)21)15-5-16-9/h4-7,17H,2-3H2,1H3,(H2,14,21)(H,22,23)/t6-/m0/s1. The van der Waals surface area contributed by atoms with Gasteiger partial charge in [0.15, 0.2) is 17.5 Å². The third-order valence-corrected chi connectivity index (χ3v) is 3.44. The van der Waals surface area contributed by atoms with Gasteiger partial charge in [0.05, 0.1) is 6.04 Å². The van der Waals surface area contributed by atoms with Crippen LogP contribution in [0.2, 0.25) is 0 Å². The molecule has 4 N–H and O–H groups in total. The number of amides is 2. The number of carboxylic acid groups (broad SMARTS) is 1. The van der Waals surface area contributed by atoms with Crippen LogP contribution in [-0.4, -0.2) is 41.8 Å². The number of carbonyl (C=O) groups is 2. The van der Waals surface area contributed by atoms with Gasteiger partial charge in [-0.15, -0.1) is 5.10 Å². The van der Waals surface area contributed by atoms with Crippen molar-refractivity contribution >= 4 is 12.0 Å². The van der Waals surface area contributed by atoms with Crippen LogP contribution in [0.4, 0.5) is 4.79 Å². The largest absolute Gasteiger partial charge is 0.465 e. The van der Waals surface area contributed by atoms with Crippen molar-refractivity contribution in [1.82, 2.24) is 30.0 Å². The van der Waals surface area contributed by atoms with Crippen molar-refractivity contribution in [2.24, 2.45) is 5.73 Å². The summed E-state index contributed by atoms with van der Waals surface area (Å²) in [6.07, 6.45) is 2.04. The van der Waals surface area contributed by atoms with Gasteiger partial charge in [-0.3, -0.25) is 4.79 Å². The Labute approximate surface area is 130 Å². The highest BCUT2D eigenvalue weighted by Crippen LogP contribution is 2.38. The van der Waals surface area contributed by atoms with Crippen molar-refractivity contribution in [3.05, 3.63) is 29.7 Å². The second-order valence-corrected chi connectivity index (χ2v) is 5.31. The van der Waals surface area contributed by atoms with E-state index in [9.17, 15) is 9.59 Å². The zero-order chi connectivity index (χ0) is 16.6. The molecule has 2 heterocycles. The molecule has 0 radical (unpaired) electrons. The predicted octanol–water partition coefficient (Wildman–Crippen LogP) is 0.362. The first kappa shape index (κ1) is 14.9. The highest BCUT2D eigenvalue weighted by molar-refractivity contribution is 5.90. The van der Waals surface area contributed by atoms with Crippen LogP contribution in [0.25, 0.3) is 5.82 Å². The summed E-state index contributed by atoms with van der Waals surface area (Å²) in [6.45, 7) is 1.65. The Morgan fingerprint density at radius 3 is 2.78 bits per heavy atom. The third-order valence-electron chi connectivity index (χ3n) is 3.44. The van der Waals surface area contributed by atoms with Crippen molar-refractivity contribution in [1.29, 1.82) is 0 Å². The lowest BCUT2D eigenvalue weighted by Crippen LogP contribution is -2.27. The number of rotatable bonds is 5. The first-order valence-corrected chi connectivity index (χ1v) is 7.04. The number of carbonyl (C=O) groups excluding carboxylic acids is 1. The molecule has 23 heavy (non-hydrogen) atoms. The number of primary amides is 1. The second-order valence-electron chi connectivity index (χ2n) is 5.31. The Morgan fingerprint density at radius 1 is 1.43 bits per heavy atom. The van der Waals surface area contributed by atoms with E-state index in [4.69, 9.17) is 10.8 Å². The molecule has 2 aromatic heterocycles. The molecule has 2 amide bonds. The van der Waals surface area contributed by atoms with Crippen LogP contribution < -0.4 is 11.1 Å². The van der Waals surface area contributed by atoms with Crippen molar-refractivity contribution in [2.45, 2.75) is 31.7 Å². The molecule has 1 fully saturated rings. The van der Waals surface area contributed by atoms with Crippen molar-refractivity contribution in [3.8, 4) is 5.82 Å². The molecule has 3 rings (SSSR count). The molecule has 1 aliphatic carbocycles. The molecule has 0 spiro atoms. The van der Waals surface area contributed by atoms with Gasteiger partial charge in [-0.1, -0.05) is 0 Å². The van der Waals surface area contributed by atoms with Crippen LogP contribution >= 0.6 is 0 Å². The summed E-state index contributed by atoms with van der Waals surface area (Å²) >= 11 is 0. The van der Waals surface area contributed by atoms with Crippen molar-refractivity contribution < 1.29 is 14.7 Å². The average molecular weight is 317 g/mol. The van der Waals surface area contributed by atoms with Gasteiger partial charge in [-0.2, -0.15) is 4.68 Å². The van der Waals surface area contributed by atoms with E-state index in [2.05, 4.69) is 25.4 Å². The van der Waals surface area contributed by atoms with Crippen molar-refractivity contribution in [2.75, 3.05) is 0 Å². The summed E-state index contributed by atoms with van der Waals surface area (Å²) in [5.74, 6) is 0.933. The number of nitrogens with one attached hydrogen (secondary N) is 1. The first-order chi connectivity index (χ1) is 11.0. The van der Waals surface area contributed by atoms with Crippen LogP contribution in [0.15, 0.2) is 12.4 Å². The molecule has 120 valence electrons. The lowest BCUT2D eigenvalue weighted by molar-refractivity contribution is 0.0995. The smallest absolute Gasteiger partial charge is 0.405 e. The Balaban J connectivity index is 2.04. The van der Waals surface area contributed by atoms with Gasteiger partial charge in [0.25, 0.3) is 5.91 Å². The van der Waals surface area contributed by atoms with Gasteiger partial charge < -0.3 is 16.2 Å². The van der Waals surface area contributed by atoms with Crippen LogP contribution in [-0.2, 0) is 0 Å². The van der Waals surface area contributed by atoms with Crippen LogP contribution in [0.5, 0.6) is 0 Å². The summed E-state index contributed by atoms with van der Waals surface area (Å²) in [5.41, 5.74) is 5.27. The number of nitrogens with two attached hydrogens (primary N) is 1. The molecular formula is C13H15N7O3. The maximum atomic E-state index is 11.3. The van der Waals surface area contributed by atoms with Gasteiger partial charge in [-0.05, 0) is 19.8 Å². The molecule has 0 aromatic carbocycles. The van der Waals surface area contributed by atoms with Crippen LogP contribution in [0, 0.1) is 0 Å². The monoisotopic (exact) mass is 317 g/mol. The molecule has 0 saturated heterocycles. The molecule has 10 heteroatoms. The normalized spacial score (nSPS) is 15.2. The van der Waals surface area contributed by atoms with E-state index in [1.165, 1.54) is 17.1 Å². The number of nitrogens with zero attached hydrogens (tertiary/aromatic N) is 5. The van der Waals surface area contributed by atoms with Gasteiger partial charge in [0.1, 0.15) is 12.0 Å². The van der Waals surface area contributed by atoms with E-state index in [1.807, 2.05) is 0 Å². The van der Waals surface area contributed by atoms with E-state index < -0.39 is 18.0 Å². The molecule has 1 aliphatic rings. The Bertz CT molecular complexity index is 769. The van der Waals surface area contributed by atoms with E-state index in [0.29, 0.717) is 17.5 Å². The van der Waals surface area contributed by atoms with Gasteiger partial charge in [0, 0.05) is 12.0 Å². The number of hydrogen-bond donors (Lipinski definition) is 3. The summed E-state index contributed by atoms with van der Waals surface area (Å²) in [4.78, 5) is 34.4. The molecule has 1 atom stereocenters. The number of hydrogen-bond acceptors (Lipinski definition) is 6. The van der Waals surface area contributed by atoms with Gasteiger partial charge in [-0.25, -0.2) is 19.7 Å². The molecule has 0 unspecified atom stereocenters. The molecule has 1 saturated carbocycles. The molecule has 10 nitrogen and oxygen atoms in total. The summed E-state index contributed by atoms with van der Waals surface area (Å²) in [6, 6.07) is 0.796. The Hall–Kier alpha value is -3.04. The minimum Gasteiger partial charge on any atom is -0.465 e. The fourth-order valence-corrected chi connectivity index (χ4v) is 2.15. The fourth-order valence-electron chi connectivity index (χ4n) is 2.15. The minimum atomic E-state index is -1.17.